The second-order valence-corrected chi connectivity index (χ2v) is 19.3. The van der Waals surface area contributed by atoms with Crippen LogP contribution in [-0.4, -0.2) is 18.1 Å². The summed E-state index contributed by atoms with van der Waals surface area (Å²) in [7, 11) is -1.60. The Kier molecular flexibility index (Phi) is 4.54. The Morgan fingerprint density at radius 2 is 1.19 bits per heavy atom. The molecule has 170 valence electrons. The average Bonchev–Trinajstić information content (AvgIpc) is 3.57. The van der Waals surface area contributed by atoms with Gasteiger partial charge in [0.25, 0.3) is 0 Å². The first-order chi connectivity index (χ1) is 15.0. The summed E-state index contributed by atoms with van der Waals surface area (Å²) in [5, 5.41) is 0. The van der Waals surface area contributed by atoms with Crippen LogP contribution in [0.4, 0.5) is 0 Å². The molecule has 8 aliphatic carbocycles. The van der Waals surface area contributed by atoms with E-state index in [1.54, 1.807) is 19.3 Å². The zero-order chi connectivity index (χ0) is 21.1. The van der Waals surface area contributed by atoms with E-state index in [1.165, 1.54) is 19.3 Å². The molecule has 0 amide bonds. The highest BCUT2D eigenvalue weighted by atomic mass is 28.4. The van der Waals surface area contributed by atoms with Crippen LogP contribution in [0, 0.1) is 76.9 Å². The van der Waals surface area contributed by atoms with Gasteiger partial charge in [0, 0.05) is 0 Å². The largest absolute Gasteiger partial charge is 0.461 e. The third-order valence-electron chi connectivity index (χ3n) is 12.3. The van der Waals surface area contributed by atoms with Gasteiger partial charge < -0.3 is 4.12 Å². The minimum absolute atomic E-state index is 0.222. The highest BCUT2D eigenvalue weighted by Crippen LogP contribution is 2.70. The van der Waals surface area contributed by atoms with Crippen molar-refractivity contribution < 1.29 is 4.12 Å². The van der Waals surface area contributed by atoms with E-state index in [0.717, 1.165) is 82.5 Å². The van der Waals surface area contributed by atoms with Gasteiger partial charge >= 0.3 is 0 Å². The molecule has 0 heterocycles. The molecule has 14 unspecified atom stereocenters. The van der Waals surface area contributed by atoms with E-state index >= 15 is 0 Å². The van der Waals surface area contributed by atoms with Crippen molar-refractivity contribution in [2.75, 3.05) is 0 Å². The summed E-state index contributed by atoms with van der Waals surface area (Å²) < 4.78 is 6.35. The normalized spacial score (nSPS) is 58.6. The lowest BCUT2D eigenvalue weighted by atomic mass is 9.70. The first kappa shape index (κ1) is 20.3. The molecule has 0 aromatic carbocycles. The van der Waals surface area contributed by atoms with Crippen LogP contribution in [0.1, 0.15) is 45.4 Å². The van der Waals surface area contributed by atoms with Gasteiger partial charge in [0.05, 0.1) is 0 Å². The van der Waals surface area contributed by atoms with Crippen molar-refractivity contribution in [1.29, 1.82) is 0 Å². The molecule has 0 saturated heterocycles. The molecule has 1 nitrogen and oxygen atoms in total. The summed E-state index contributed by atoms with van der Waals surface area (Å²) in [4.78, 5) is 0. The third-order valence-corrected chi connectivity index (χ3v) is 18.9. The van der Waals surface area contributed by atoms with Gasteiger partial charge in [0.1, 0.15) is 9.76 Å². The molecule has 0 spiro atoms. The molecule has 8 bridgehead atoms. The molecule has 0 aromatic heterocycles. The van der Waals surface area contributed by atoms with Gasteiger partial charge in [-0.1, -0.05) is 37.8 Å². The molecule has 8 aliphatic rings. The molecule has 0 radical (unpaired) electrons. The molecule has 0 aliphatic heterocycles. The van der Waals surface area contributed by atoms with E-state index < -0.39 is 8.32 Å². The SMILES string of the molecule is CC1CC2CC1C1C3C=CC(C3)C21.C[SiH2]O[Si](C)(C)C1CC2CC1C1C3C=CC(C3)C21. The lowest BCUT2D eigenvalue weighted by molar-refractivity contribution is 0.160. The van der Waals surface area contributed by atoms with Gasteiger partial charge in [-0.3, -0.25) is 0 Å². The summed E-state index contributed by atoms with van der Waals surface area (Å²) in [5.74, 6) is 13.8. The van der Waals surface area contributed by atoms with Crippen molar-refractivity contribution in [3.05, 3.63) is 24.3 Å². The van der Waals surface area contributed by atoms with E-state index in [0.29, 0.717) is 0 Å². The molecule has 6 fully saturated rings. The summed E-state index contributed by atoms with van der Waals surface area (Å²) in [6.07, 6.45) is 19.4. The smallest absolute Gasteiger partial charge is 0.176 e. The molecule has 31 heavy (non-hydrogen) atoms. The Bertz CT molecular complexity index is 803. The topological polar surface area (TPSA) is 9.23 Å². The average molecular weight is 453 g/mol. The molecule has 3 heteroatoms. The van der Waals surface area contributed by atoms with Gasteiger partial charge in [-0.05, 0) is 134 Å². The molecule has 0 aromatic rings. The highest BCUT2D eigenvalue weighted by molar-refractivity contribution is 6.76. The standard InChI is InChI=1S/C15H26OSi2.C13H18/c1-17-16-18(2,3)13-8-11-7-12(13)15-10-5-4-9(6-10)14(11)15;1-7-4-10-6-11(7)13-9-3-2-8(5-9)12(10)13/h4-5,9-15H,6-8,17H2,1-3H3;2-3,7-13H,4-6H2,1H3. The monoisotopic (exact) mass is 452 g/mol. The fourth-order valence-electron chi connectivity index (χ4n) is 11.6. The Hall–Kier alpha value is -0.126. The van der Waals surface area contributed by atoms with Crippen LogP contribution in [0.25, 0.3) is 0 Å². The molecule has 8 rings (SSSR count). The Labute approximate surface area is 193 Å². The van der Waals surface area contributed by atoms with Crippen LogP contribution in [0.2, 0.25) is 25.2 Å². The van der Waals surface area contributed by atoms with Crippen molar-refractivity contribution in [2.45, 2.75) is 70.6 Å². The first-order valence-corrected chi connectivity index (χ1v) is 18.9. The molecular weight excluding hydrogens is 408 g/mol. The van der Waals surface area contributed by atoms with Crippen LogP contribution in [0.3, 0.4) is 0 Å². The zero-order valence-electron chi connectivity index (χ0n) is 20.3. The zero-order valence-corrected chi connectivity index (χ0v) is 22.7. The molecule has 6 saturated carbocycles. The summed E-state index contributed by atoms with van der Waals surface area (Å²) in [5.41, 5.74) is 0.990. The minimum atomic E-state index is -1.37. The van der Waals surface area contributed by atoms with Crippen LogP contribution < -0.4 is 0 Å². The number of fused-ring (bicyclic) bond motifs is 18. The van der Waals surface area contributed by atoms with Crippen LogP contribution in [0.15, 0.2) is 24.3 Å². The van der Waals surface area contributed by atoms with Crippen molar-refractivity contribution in [3.63, 3.8) is 0 Å². The second-order valence-electron chi connectivity index (χ2n) is 13.6. The van der Waals surface area contributed by atoms with Crippen molar-refractivity contribution in [1.82, 2.24) is 0 Å². The predicted molar refractivity (Wildman–Crippen MR) is 134 cm³/mol. The number of hydrogen-bond acceptors (Lipinski definition) is 1. The fourth-order valence-corrected chi connectivity index (χ4v) is 17.7. The summed E-state index contributed by atoms with van der Waals surface area (Å²) >= 11 is 0. The Morgan fingerprint density at radius 3 is 1.81 bits per heavy atom. The maximum Gasteiger partial charge on any atom is 0.176 e. The summed E-state index contributed by atoms with van der Waals surface area (Å²) in [6.45, 7) is 9.82. The van der Waals surface area contributed by atoms with Crippen LogP contribution >= 0.6 is 0 Å². The highest BCUT2D eigenvalue weighted by Gasteiger charge is 2.63. The van der Waals surface area contributed by atoms with Gasteiger partial charge in [-0.25, -0.2) is 0 Å². The predicted octanol–water partition coefficient (Wildman–Crippen LogP) is 6.29. The third kappa shape index (κ3) is 2.75. The second kappa shape index (κ2) is 6.95. The maximum atomic E-state index is 6.35. The van der Waals surface area contributed by atoms with Crippen LogP contribution in [0.5, 0.6) is 0 Å². The van der Waals surface area contributed by atoms with E-state index in [-0.39, 0.29) is 9.76 Å². The maximum absolute atomic E-state index is 6.35. The molecule has 14 atom stereocenters. The quantitative estimate of drug-likeness (QED) is 0.278. The number of rotatable bonds is 3. The minimum Gasteiger partial charge on any atom is -0.461 e. The Morgan fingerprint density at radius 1 is 0.677 bits per heavy atom. The lowest BCUT2D eigenvalue weighted by Gasteiger charge is -2.42. The van der Waals surface area contributed by atoms with Gasteiger partial charge in [-0.2, -0.15) is 0 Å². The van der Waals surface area contributed by atoms with Gasteiger partial charge in [0.15, 0.2) is 8.32 Å². The lowest BCUT2D eigenvalue weighted by Crippen LogP contribution is -2.44. The van der Waals surface area contributed by atoms with Gasteiger partial charge in [-0.15, -0.1) is 0 Å². The number of allylic oxidation sites excluding steroid dienone is 4. The van der Waals surface area contributed by atoms with Crippen LogP contribution in [-0.2, 0) is 4.12 Å². The van der Waals surface area contributed by atoms with Crippen molar-refractivity contribution >= 4 is 18.1 Å². The van der Waals surface area contributed by atoms with E-state index in [1.807, 2.05) is 0 Å². The Balaban J connectivity index is 0.000000116. The van der Waals surface area contributed by atoms with E-state index in [2.05, 4.69) is 50.9 Å². The molecular formula is C28H44OSi2. The molecule has 0 N–H and O–H groups in total. The number of hydrogen-bond donors (Lipinski definition) is 0. The fraction of sp³-hybridized carbons (Fsp3) is 0.857. The summed E-state index contributed by atoms with van der Waals surface area (Å²) in [6, 6.07) is 0. The van der Waals surface area contributed by atoms with Crippen molar-refractivity contribution in [3.8, 4) is 0 Å². The van der Waals surface area contributed by atoms with Crippen molar-refractivity contribution in [2.24, 2.45) is 76.9 Å². The first-order valence-electron chi connectivity index (χ1n) is 14.0. The van der Waals surface area contributed by atoms with E-state index in [9.17, 15) is 0 Å². The van der Waals surface area contributed by atoms with E-state index in [4.69, 9.17) is 4.12 Å². The van der Waals surface area contributed by atoms with Gasteiger partial charge in [0.2, 0.25) is 0 Å².